The molecule has 1 saturated carbocycles. The number of nitrogens with zero attached hydrogens (tertiary/aromatic N) is 2. The van der Waals surface area contributed by atoms with Gasteiger partial charge in [0, 0.05) is 43.8 Å². The summed E-state index contributed by atoms with van der Waals surface area (Å²) in [6.45, 7) is 7.24. The average Bonchev–Trinajstić information content (AvgIpc) is 3.23. The average molecular weight is 309 g/mol. The van der Waals surface area contributed by atoms with Gasteiger partial charge in [-0.2, -0.15) is 0 Å². The highest BCUT2D eigenvalue weighted by Crippen LogP contribution is 2.33. The number of nitrogens with one attached hydrogen (secondary N) is 1. The number of ether oxygens (including phenoxy) is 1. The molecule has 3 rings (SSSR count). The summed E-state index contributed by atoms with van der Waals surface area (Å²) >= 11 is 1.87. The first-order valence-corrected chi connectivity index (χ1v) is 9.00. The van der Waals surface area contributed by atoms with Crippen molar-refractivity contribution in [3.8, 4) is 0 Å². The Balaban J connectivity index is 1.72. The molecular formula is C16H27N3OS. The summed E-state index contributed by atoms with van der Waals surface area (Å²) in [6.07, 6.45) is 4.90. The molecule has 1 saturated heterocycles. The van der Waals surface area contributed by atoms with Crippen LogP contribution >= 0.6 is 11.3 Å². The minimum atomic E-state index is 0.495. The summed E-state index contributed by atoms with van der Waals surface area (Å²) in [5.74, 6) is 0.495. The molecule has 0 radical (unpaired) electrons. The minimum Gasteiger partial charge on any atom is -0.381 e. The summed E-state index contributed by atoms with van der Waals surface area (Å²) in [5, 5.41) is 4.81. The van der Waals surface area contributed by atoms with Gasteiger partial charge < -0.3 is 15.0 Å². The van der Waals surface area contributed by atoms with Gasteiger partial charge in [0.25, 0.3) is 0 Å². The van der Waals surface area contributed by atoms with Crippen molar-refractivity contribution >= 4 is 16.5 Å². The molecule has 1 aliphatic heterocycles. The van der Waals surface area contributed by atoms with Gasteiger partial charge in [0.1, 0.15) is 0 Å². The molecule has 0 bridgehead atoms. The van der Waals surface area contributed by atoms with Crippen molar-refractivity contribution in [2.24, 2.45) is 0 Å². The molecule has 0 atom stereocenters. The van der Waals surface area contributed by atoms with Crippen molar-refractivity contribution in [2.45, 2.75) is 64.1 Å². The third kappa shape index (κ3) is 3.76. The molecule has 4 nitrogen and oxygen atoms in total. The zero-order valence-corrected chi connectivity index (χ0v) is 14.2. The first kappa shape index (κ1) is 15.3. The highest BCUT2D eigenvalue weighted by atomic mass is 32.1. The van der Waals surface area contributed by atoms with Gasteiger partial charge in [0.2, 0.25) is 0 Å². The van der Waals surface area contributed by atoms with Crippen molar-refractivity contribution in [1.82, 2.24) is 10.3 Å². The van der Waals surface area contributed by atoms with Crippen LogP contribution in [0.1, 0.15) is 56.0 Å². The number of thiazole rings is 1. The van der Waals surface area contributed by atoms with E-state index in [0.29, 0.717) is 12.0 Å². The van der Waals surface area contributed by atoms with Crippen molar-refractivity contribution in [2.75, 3.05) is 25.2 Å². The fourth-order valence-electron chi connectivity index (χ4n) is 2.83. The van der Waals surface area contributed by atoms with E-state index < -0.39 is 0 Å². The predicted octanol–water partition coefficient (Wildman–Crippen LogP) is 3.13. The summed E-state index contributed by atoms with van der Waals surface area (Å²) < 4.78 is 5.47. The number of aromatic nitrogens is 1. The molecule has 1 aliphatic carbocycles. The van der Waals surface area contributed by atoms with Crippen LogP contribution in [-0.4, -0.2) is 37.3 Å². The number of hydrogen-bond donors (Lipinski definition) is 1. The molecule has 1 aromatic heterocycles. The van der Waals surface area contributed by atoms with E-state index in [4.69, 9.17) is 9.72 Å². The Morgan fingerprint density at radius 3 is 2.62 bits per heavy atom. The quantitative estimate of drug-likeness (QED) is 0.876. The zero-order chi connectivity index (χ0) is 14.8. The molecule has 2 fully saturated rings. The Labute approximate surface area is 131 Å². The van der Waals surface area contributed by atoms with Crippen molar-refractivity contribution < 1.29 is 4.74 Å². The maximum atomic E-state index is 5.47. The second-order valence-electron chi connectivity index (χ2n) is 6.57. The molecule has 0 spiro atoms. The molecule has 5 heteroatoms. The van der Waals surface area contributed by atoms with E-state index >= 15 is 0 Å². The van der Waals surface area contributed by atoms with Gasteiger partial charge in [0.05, 0.1) is 5.69 Å². The van der Waals surface area contributed by atoms with Gasteiger partial charge >= 0.3 is 0 Å². The fourth-order valence-corrected chi connectivity index (χ4v) is 4.03. The van der Waals surface area contributed by atoms with E-state index in [-0.39, 0.29) is 0 Å². The Bertz CT molecular complexity index is 464. The van der Waals surface area contributed by atoms with Crippen LogP contribution in [0.25, 0.3) is 0 Å². The SMILES string of the molecule is CC(C)c1nc(N(C)C2CCOCC2)sc1CNC1CC1. The molecule has 2 aliphatic rings. The van der Waals surface area contributed by atoms with E-state index in [0.717, 1.165) is 38.6 Å². The largest absolute Gasteiger partial charge is 0.381 e. The van der Waals surface area contributed by atoms with E-state index in [9.17, 15) is 0 Å². The van der Waals surface area contributed by atoms with Gasteiger partial charge in [-0.3, -0.25) is 0 Å². The van der Waals surface area contributed by atoms with Gasteiger partial charge in [0.15, 0.2) is 5.13 Å². The molecule has 2 heterocycles. The number of hydrogen-bond acceptors (Lipinski definition) is 5. The normalized spacial score (nSPS) is 20.2. The lowest BCUT2D eigenvalue weighted by Gasteiger charge is -2.30. The lowest BCUT2D eigenvalue weighted by atomic mass is 10.1. The van der Waals surface area contributed by atoms with Crippen LogP contribution in [0.3, 0.4) is 0 Å². The van der Waals surface area contributed by atoms with E-state index in [1.807, 2.05) is 11.3 Å². The summed E-state index contributed by atoms with van der Waals surface area (Å²) in [4.78, 5) is 8.74. The second kappa shape index (κ2) is 6.63. The lowest BCUT2D eigenvalue weighted by Crippen LogP contribution is -2.36. The van der Waals surface area contributed by atoms with E-state index in [1.165, 1.54) is 28.5 Å². The Morgan fingerprint density at radius 2 is 2.00 bits per heavy atom. The molecule has 1 aromatic rings. The molecular weight excluding hydrogens is 282 g/mol. The summed E-state index contributed by atoms with van der Waals surface area (Å²) in [6, 6.07) is 1.33. The van der Waals surface area contributed by atoms with Crippen molar-refractivity contribution in [3.05, 3.63) is 10.6 Å². The van der Waals surface area contributed by atoms with Crippen LogP contribution in [0.15, 0.2) is 0 Å². The topological polar surface area (TPSA) is 37.4 Å². The molecule has 0 amide bonds. The Hall–Kier alpha value is -0.650. The standard InChI is InChI=1S/C16H27N3OS/c1-11(2)15-14(10-17-12-4-5-12)21-16(18-15)19(3)13-6-8-20-9-7-13/h11-13,17H,4-10H2,1-3H3. The molecule has 21 heavy (non-hydrogen) atoms. The smallest absolute Gasteiger partial charge is 0.185 e. The van der Waals surface area contributed by atoms with Crippen LogP contribution in [-0.2, 0) is 11.3 Å². The first-order valence-electron chi connectivity index (χ1n) is 8.18. The van der Waals surface area contributed by atoms with Crippen molar-refractivity contribution in [3.63, 3.8) is 0 Å². The van der Waals surface area contributed by atoms with Crippen LogP contribution in [0, 0.1) is 0 Å². The van der Waals surface area contributed by atoms with Crippen molar-refractivity contribution in [1.29, 1.82) is 0 Å². The van der Waals surface area contributed by atoms with Crippen LogP contribution < -0.4 is 10.2 Å². The fraction of sp³-hybridized carbons (Fsp3) is 0.812. The van der Waals surface area contributed by atoms with Gasteiger partial charge in [-0.05, 0) is 31.6 Å². The third-order valence-corrected chi connectivity index (χ3v) is 5.59. The Kier molecular flexibility index (Phi) is 4.82. The third-order valence-electron chi connectivity index (χ3n) is 4.43. The predicted molar refractivity (Wildman–Crippen MR) is 88.3 cm³/mol. The maximum Gasteiger partial charge on any atom is 0.185 e. The second-order valence-corrected chi connectivity index (χ2v) is 7.63. The van der Waals surface area contributed by atoms with Gasteiger partial charge in [-0.25, -0.2) is 4.98 Å². The summed E-state index contributed by atoms with van der Waals surface area (Å²) in [5.41, 5.74) is 1.28. The highest BCUT2D eigenvalue weighted by molar-refractivity contribution is 7.15. The van der Waals surface area contributed by atoms with Crippen LogP contribution in [0.5, 0.6) is 0 Å². The zero-order valence-electron chi connectivity index (χ0n) is 13.4. The maximum absolute atomic E-state index is 5.47. The van der Waals surface area contributed by atoms with Gasteiger partial charge in [-0.1, -0.05) is 13.8 Å². The Morgan fingerprint density at radius 1 is 1.29 bits per heavy atom. The molecule has 1 N–H and O–H groups in total. The van der Waals surface area contributed by atoms with E-state index in [2.05, 4.69) is 31.1 Å². The monoisotopic (exact) mass is 309 g/mol. The van der Waals surface area contributed by atoms with E-state index in [1.54, 1.807) is 0 Å². The minimum absolute atomic E-state index is 0.495. The van der Waals surface area contributed by atoms with Crippen LogP contribution in [0.2, 0.25) is 0 Å². The lowest BCUT2D eigenvalue weighted by molar-refractivity contribution is 0.0855. The molecule has 0 unspecified atom stereocenters. The van der Waals surface area contributed by atoms with Crippen LogP contribution in [0.4, 0.5) is 5.13 Å². The highest BCUT2D eigenvalue weighted by Gasteiger charge is 2.25. The summed E-state index contributed by atoms with van der Waals surface area (Å²) in [7, 11) is 2.19. The van der Waals surface area contributed by atoms with Gasteiger partial charge in [-0.15, -0.1) is 11.3 Å². The molecule has 0 aromatic carbocycles. The first-order chi connectivity index (χ1) is 10.1. The number of anilines is 1. The number of rotatable bonds is 6. The molecule has 118 valence electrons.